The van der Waals surface area contributed by atoms with Crippen LogP contribution in [0, 0.1) is 5.82 Å². The first kappa shape index (κ1) is 18.1. The van der Waals surface area contributed by atoms with E-state index >= 15 is 0 Å². The maximum Gasteiger partial charge on any atom is 0.347 e. The average molecular weight is 381 g/mol. The molecule has 2 aromatic heterocycles. The van der Waals surface area contributed by atoms with E-state index in [9.17, 15) is 14.0 Å². The van der Waals surface area contributed by atoms with Crippen molar-refractivity contribution in [3.05, 3.63) is 70.9 Å². The Morgan fingerprint density at radius 3 is 2.89 bits per heavy atom. The van der Waals surface area contributed by atoms with Crippen LogP contribution in [0.1, 0.15) is 24.5 Å². The first-order valence-corrected chi connectivity index (χ1v) is 9.20. The van der Waals surface area contributed by atoms with Gasteiger partial charge in [0, 0.05) is 42.7 Å². The van der Waals surface area contributed by atoms with Crippen LogP contribution in [-0.4, -0.2) is 43.6 Å². The molecule has 8 heteroatoms. The fraction of sp³-hybridized carbons (Fsp3) is 0.300. The second kappa shape index (κ2) is 7.75. The van der Waals surface area contributed by atoms with Crippen molar-refractivity contribution < 1.29 is 9.18 Å². The zero-order valence-electron chi connectivity index (χ0n) is 15.2. The summed E-state index contributed by atoms with van der Waals surface area (Å²) in [6.45, 7) is 1.18. The summed E-state index contributed by atoms with van der Waals surface area (Å²) in [5.74, 6) is -0.289. The number of likely N-dealkylation sites (tertiary alicyclic amines) is 1. The molecule has 1 atom stereocenters. The van der Waals surface area contributed by atoms with E-state index in [0.717, 1.165) is 29.7 Å². The molecule has 0 radical (unpaired) electrons. The Labute approximate surface area is 160 Å². The SMILES string of the molecule is O=C(Cn1cccnc1=O)N1CCC[C@@H](c2[nH]ncc2-c2ccc(F)cc2)C1. The molecule has 144 valence electrons. The van der Waals surface area contributed by atoms with Crippen LogP contribution >= 0.6 is 0 Å². The van der Waals surface area contributed by atoms with Gasteiger partial charge in [0.05, 0.1) is 6.20 Å². The first-order chi connectivity index (χ1) is 13.6. The van der Waals surface area contributed by atoms with Gasteiger partial charge in [-0.15, -0.1) is 0 Å². The van der Waals surface area contributed by atoms with Gasteiger partial charge in [0.2, 0.25) is 5.91 Å². The van der Waals surface area contributed by atoms with Crippen molar-refractivity contribution in [2.75, 3.05) is 13.1 Å². The van der Waals surface area contributed by atoms with E-state index in [-0.39, 0.29) is 24.2 Å². The topological polar surface area (TPSA) is 83.9 Å². The van der Waals surface area contributed by atoms with Gasteiger partial charge in [-0.25, -0.2) is 14.2 Å². The van der Waals surface area contributed by atoms with Gasteiger partial charge in [-0.2, -0.15) is 5.10 Å². The van der Waals surface area contributed by atoms with Crippen molar-refractivity contribution in [3.8, 4) is 11.1 Å². The van der Waals surface area contributed by atoms with Crippen molar-refractivity contribution in [3.63, 3.8) is 0 Å². The molecular weight excluding hydrogens is 361 g/mol. The van der Waals surface area contributed by atoms with E-state index in [2.05, 4.69) is 15.2 Å². The molecule has 1 amide bonds. The lowest BCUT2D eigenvalue weighted by Crippen LogP contribution is -2.42. The Morgan fingerprint density at radius 2 is 2.11 bits per heavy atom. The highest BCUT2D eigenvalue weighted by atomic mass is 19.1. The van der Waals surface area contributed by atoms with Crippen LogP contribution in [0.15, 0.2) is 53.7 Å². The Hall–Kier alpha value is -3.29. The molecule has 0 saturated carbocycles. The molecule has 0 aliphatic carbocycles. The number of aromatic amines is 1. The second-order valence-corrected chi connectivity index (χ2v) is 6.91. The number of carbonyl (C=O) groups is 1. The molecular formula is C20H20FN5O2. The lowest BCUT2D eigenvalue weighted by atomic mass is 9.90. The number of carbonyl (C=O) groups excluding carboxylic acids is 1. The zero-order chi connectivity index (χ0) is 19.5. The molecule has 0 spiro atoms. The van der Waals surface area contributed by atoms with Crippen LogP contribution in [0.3, 0.4) is 0 Å². The van der Waals surface area contributed by atoms with Crippen molar-refractivity contribution in [2.45, 2.75) is 25.3 Å². The molecule has 3 aromatic rings. The smallest absolute Gasteiger partial charge is 0.340 e. The fourth-order valence-electron chi connectivity index (χ4n) is 3.66. The summed E-state index contributed by atoms with van der Waals surface area (Å²) in [6, 6.07) is 7.94. The van der Waals surface area contributed by atoms with Gasteiger partial charge in [-0.1, -0.05) is 12.1 Å². The molecule has 28 heavy (non-hydrogen) atoms. The normalized spacial score (nSPS) is 16.9. The molecule has 1 aliphatic rings. The molecule has 0 unspecified atom stereocenters. The van der Waals surface area contributed by atoms with Crippen molar-refractivity contribution in [1.29, 1.82) is 0 Å². The predicted octanol–water partition coefficient (Wildman–Crippen LogP) is 2.18. The Kier molecular flexibility index (Phi) is 5.01. The highest BCUT2D eigenvalue weighted by Crippen LogP contribution is 2.33. The third kappa shape index (κ3) is 3.71. The van der Waals surface area contributed by atoms with Crippen molar-refractivity contribution >= 4 is 5.91 Å². The highest BCUT2D eigenvalue weighted by Gasteiger charge is 2.27. The number of hydrogen-bond acceptors (Lipinski definition) is 4. The molecule has 4 rings (SSSR count). The number of benzene rings is 1. The highest BCUT2D eigenvalue weighted by molar-refractivity contribution is 5.76. The number of nitrogens with one attached hydrogen (secondary N) is 1. The molecule has 0 bridgehead atoms. The van der Waals surface area contributed by atoms with Crippen LogP contribution in [0.4, 0.5) is 4.39 Å². The van der Waals surface area contributed by atoms with Gasteiger partial charge in [0.1, 0.15) is 12.4 Å². The number of hydrogen-bond donors (Lipinski definition) is 1. The number of halogens is 1. The summed E-state index contributed by atoms with van der Waals surface area (Å²) in [5, 5.41) is 7.23. The summed E-state index contributed by atoms with van der Waals surface area (Å²) in [6.07, 6.45) is 6.50. The van der Waals surface area contributed by atoms with Gasteiger partial charge in [-0.3, -0.25) is 14.5 Å². The second-order valence-electron chi connectivity index (χ2n) is 6.91. The van der Waals surface area contributed by atoms with Crippen LogP contribution < -0.4 is 5.69 Å². The zero-order valence-corrected chi connectivity index (χ0v) is 15.2. The third-order valence-corrected chi connectivity index (χ3v) is 5.09. The summed E-state index contributed by atoms with van der Waals surface area (Å²) in [4.78, 5) is 29.9. The molecule has 1 aliphatic heterocycles. The standard InChI is InChI=1S/C20H20FN5O2/c21-16-6-4-14(5-7-16)17-11-23-24-19(17)15-3-1-9-25(12-15)18(27)13-26-10-2-8-22-20(26)28/h2,4-8,10-11,15H,1,3,9,12-13H2,(H,23,24)/t15-/m1/s1. The summed E-state index contributed by atoms with van der Waals surface area (Å²) in [5.41, 5.74) is 2.32. The van der Waals surface area contributed by atoms with E-state index < -0.39 is 5.69 Å². The Balaban J connectivity index is 1.51. The van der Waals surface area contributed by atoms with Crippen LogP contribution in [0.25, 0.3) is 11.1 Å². The number of aromatic nitrogens is 4. The van der Waals surface area contributed by atoms with E-state index in [1.54, 1.807) is 35.5 Å². The fourth-order valence-corrected chi connectivity index (χ4v) is 3.66. The molecule has 1 aromatic carbocycles. The minimum Gasteiger partial charge on any atom is -0.340 e. The number of H-pyrrole nitrogens is 1. The number of nitrogens with zero attached hydrogens (tertiary/aromatic N) is 4. The van der Waals surface area contributed by atoms with Gasteiger partial charge < -0.3 is 4.90 Å². The first-order valence-electron chi connectivity index (χ1n) is 9.20. The van der Waals surface area contributed by atoms with E-state index in [1.165, 1.54) is 22.9 Å². The summed E-state index contributed by atoms with van der Waals surface area (Å²) < 4.78 is 14.5. The molecule has 1 saturated heterocycles. The average Bonchev–Trinajstić information content (AvgIpc) is 3.20. The molecule has 3 heterocycles. The van der Waals surface area contributed by atoms with Crippen LogP contribution in [0.5, 0.6) is 0 Å². The van der Waals surface area contributed by atoms with E-state index in [0.29, 0.717) is 13.1 Å². The van der Waals surface area contributed by atoms with Gasteiger partial charge in [0.15, 0.2) is 0 Å². The van der Waals surface area contributed by atoms with Gasteiger partial charge in [-0.05, 0) is 36.6 Å². The quantitative estimate of drug-likeness (QED) is 0.751. The number of piperidine rings is 1. The number of rotatable bonds is 4. The van der Waals surface area contributed by atoms with E-state index in [4.69, 9.17) is 0 Å². The molecule has 7 nitrogen and oxygen atoms in total. The van der Waals surface area contributed by atoms with Crippen molar-refractivity contribution in [1.82, 2.24) is 24.6 Å². The van der Waals surface area contributed by atoms with Crippen LogP contribution in [0.2, 0.25) is 0 Å². The van der Waals surface area contributed by atoms with Gasteiger partial charge in [0.25, 0.3) is 0 Å². The minimum absolute atomic E-state index is 0.0206. The largest absolute Gasteiger partial charge is 0.347 e. The van der Waals surface area contributed by atoms with Crippen molar-refractivity contribution in [2.24, 2.45) is 0 Å². The monoisotopic (exact) mass is 381 g/mol. The number of amides is 1. The summed E-state index contributed by atoms with van der Waals surface area (Å²) in [7, 11) is 0. The minimum atomic E-state index is -0.434. The summed E-state index contributed by atoms with van der Waals surface area (Å²) >= 11 is 0. The Morgan fingerprint density at radius 1 is 1.29 bits per heavy atom. The van der Waals surface area contributed by atoms with Crippen LogP contribution in [-0.2, 0) is 11.3 Å². The lowest BCUT2D eigenvalue weighted by Gasteiger charge is -2.33. The maximum absolute atomic E-state index is 13.2. The van der Waals surface area contributed by atoms with E-state index in [1.807, 2.05) is 0 Å². The maximum atomic E-state index is 13.2. The lowest BCUT2D eigenvalue weighted by molar-refractivity contribution is -0.133. The Bertz CT molecular complexity index is 1030. The third-order valence-electron chi connectivity index (χ3n) is 5.09. The predicted molar refractivity (Wildman–Crippen MR) is 101 cm³/mol. The van der Waals surface area contributed by atoms with Gasteiger partial charge >= 0.3 is 5.69 Å². The molecule has 1 fully saturated rings. The molecule has 1 N–H and O–H groups in total.